The fourth-order valence-electron chi connectivity index (χ4n) is 3.99. The van der Waals surface area contributed by atoms with E-state index in [9.17, 15) is 18.0 Å². The molecule has 1 aromatic carbocycles. The largest absolute Gasteiger partial charge is 0.443 e. The molecule has 3 rings (SSSR count). The number of aryl methyl sites for hydroxylation is 3. The maximum atomic E-state index is 13.0. The van der Waals surface area contributed by atoms with Crippen LogP contribution in [0.2, 0.25) is 0 Å². The zero-order chi connectivity index (χ0) is 28.3. The van der Waals surface area contributed by atoms with E-state index in [4.69, 9.17) is 4.74 Å². The summed E-state index contributed by atoms with van der Waals surface area (Å²) in [7, 11) is -4.12. The maximum Gasteiger partial charge on any atom is 0.416 e. The third-order valence-electron chi connectivity index (χ3n) is 5.52. The van der Waals surface area contributed by atoms with Gasteiger partial charge in [0.25, 0.3) is 15.9 Å². The number of carbonyl (C=O) groups is 2. The Kier molecular flexibility index (Phi) is 8.88. The molecule has 1 N–H and O–H groups in total. The lowest BCUT2D eigenvalue weighted by Gasteiger charge is -2.28. The monoisotopic (exact) mass is 559 g/mol. The van der Waals surface area contributed by atoms with Gasteiger partial charge in [0.2, 0.25) is 5.01 Å². The van der Waals surface area contributed by atoms with Gasteiger partial charge in [-0.05, 0) is 71.2 Å². The molecular weight excluding hydrogens is 526 g/mol. The minimum Gasteiger partial charge on any atom is -0.443 e. The van der Waals surface area contributed by atoms with Crippen LogP contribution in [-0.4, -0.2) is 47.7 Å². The van der Waals surface area contributed by atoms with Gasteiger partial charge in [-0.3, -0.25) is 9.69 Å². The highest BCUT2D eigenvalue weighted by Crippen LogP contribution is 2.28. The number of rotatable bonds is 8. The van der Waals surface area contributed by atoms with Crippen molar-refractivity contribution >= 4 is 39.2 Å². The molecule has 0 spiro atoms. The third-order valence-corrected chi connectivity index (χ3v) is 8.24. The standard InChI is InChI=1S/C26H33N5O5S2/c1-8-19(15-31(20-11-9-10-12-27-20)25(33)36-26(5,6)7)23-28-29-24(37-23)22(32)30-38(34,35)21-17(3)13-16(2)14-18(21)4/h9-14,19H,8,15H2,1-7H3,(H,30,32). The Balaban J connectivity index is 1.83. The van der Waals surface area contributed by atoms with Gasteiger partial charge < -0.3 is 4.74 Å². The predicted molar refractivity (Wildman–Crippen MR) is 146 cm³/mol. The summed E-state index contributed by atoms with van der Waals surface area (Å²) in [6.07, 6.45) is 1.59. The van der Waals surface area contributed by atoms with E-state index in [1.807, 2.05) is 13.8 Å². The van der Waals surface area contributed by atoms with Gasteiger partial charge in [0, 0.05) is 18.7 Å². The van der Waals surface area contributed by atoms with Crippen LogP contribution in [0.15, 0.2) is 41.4 Å². The molecule has 0 saturated carbocycles. The van der Waals surface area contributed by atoms with Gasteiger partial charge >= 0.3 is 6.09 Å². The first-order valence-electron chi connectivity index (χ1n) is 12.1. The van der Waals surface area contributed by atoms with E-state index in [1.165, 1.54) is 4.90 Å². The van der Waals surface area contributed by atoms with E-state index in [-0.39, 0.29) is 22.4 Å². The van der Waals surface area contributed by atoms with Crippen molar-refractivity contribution in [2.24, 2.45) is 0 Å². The number of carbonyl (C=O) groups excluding carboxylic acids is 2. The molecule has 2 aromatic heterocycles. The maximum absolute atomic E-state index is 13.0. The average Bonchev–Trinajstić information content (AvgIpc) is 3.28. The second-order valence-corrected chi connectivity index (χ2v) is 12.6. The summed E-state index contributed by atoms with van der Waals surface area (Å²) in [5.41, 5.74) is 1.31. The highest BCUT2D eigenvalue weighted by molar-refractivity contribution is 7.90. The molecule has 12 heteroatoms. The summed E-state index contributed by atoms with van der Waals surface area (Å²) in [4.78, 5) is 31.7. The lowest BCUT2D eigenvalue weighted by Crippen LogP contribution is -2.39. The minimum atomic E-state index is -4.12. The lowest BCUT2D eigenvalue weighted by molar-refractivity contribution is 0.0576. The van der Waals surface area contributed by atoms with Gasteiger partial charge in [0.15, 0.2) is 0 Å². The van der Waals surface area contributed by atoms with Crippen LogP contribution in [0.3, 0.4) is 0 Å². The third kappa shape index (κ3) is 7.13. The molecule has 0 aliphatic heterocycles. The predicted octanol–water partition coefficient (Wildman–Crippen LogP) is 4.91. The lowest BCUT2D eigenvalue weighted by atomic mass is 10.1. The average molecular weight is 560 g/mol. The molecule has 204 valence electrons. The van der Waals surface area contributed by atoms with Crippen molar-refractivity contribution in [3.8, 4) is 0 Å². The van der Waals surface area contributed by atoms with Crippen molar-refractivity contribution in [2.45, 2.75) is 71.3 Å². The van der Waals surface area contributed by atoms with E-state index in [0.29, 0.717) is 28.4 Å². The molecule has 38 heavy (non-hydrogen) atoms. The normalized spacial score (nSPS) is 12.6. The number of aromatic nitrogens is 3. The number of hydrogen-bond acceptors (Lipinski definition) is 9. The van der Waals surface area contributed by atoms with E-state index in [2.05, 4.69) is 19.9 Å². The van der Waals surface area contributed by atoms with E-state index in [1.54, 1.807) is 71.1 Å². The van der Waals surface area contributed by atoms with Crippen LogP contribution in [0.1, 0.15) is 71.5 Å². The quantitative estimate of drug-likeness (QED) is 0.412. The molecule has 0 saturated heterocycles. The van der Waals surface area contributed by atoms with Crippen LogP contribution in [0.4, 0.5) is 10.6 Å². The van der Waals surface area contributed by atoms with Gasteiger partial charge in [-0.1, -0.05) is 42.0 Å². The Morgan fingerprint density at radius 2 is 1.76 bits per heavy atom. The topological polar surface area (TPSA) is 131 Å². The van der Waals surface area contributed by atoms with Crippen molar-refractivity contribution in [1.29, 1.82) is 0 Å². The van der Waals surface area contributed by atoms with Crippen LogP contribution in [0, 0.1) is 20.8 Å². The number of benzene rings is 1. The van der Waals surface area contributed by atoms with E-state index >= 15 is 0 Å². The fraction of sp³-hybridized carbons (Fsp3) is 0.423. The smallest absolute Gasteiger partial charge is 0.416 e. The highest BCUT2D eigenvalue weighted by atomic mass is 32.2. The zero-order valence-electron chi connectivity index (χ0n) is 22.6. The number of anilines is 1. The number of nitrogens with one attached hydrogen (secondary N) is 1. The van der Waals surface area contributed by atoms with Crippen molar-refractivity contribution in [1.82, 2.24) is 19.9 Å². The number of sulfonamides is 1. The number of amides is 2. The van der Waals surface area contributed by atoms with Crippen LogP contribution < -0.4 is 9.62 Å². The fourth-order valence-corrected chi connectivity index (χ4v) is 6.38. The Morgan fingerprint density at radius 3 is 2.32 bits per heavy atom. The number of hydrogen-bond donors (Lipinski definition) is 1. The molecule has 0 aliphatic rings. The van der Waals surface area contributed by atoms with Gasteiger partial charge in [0.1, 0.15) is 16.4 Å². The molecule has 0 bridgehead atoms. The summed E-state index contributed by atoms with van der Waals surface area (Å²) in [5.74, 6) is -0.754. The molecule has 2 amide bonds. The molecule has 2 heterocycles. The SMILES string of the molecule is CCC(CN(C(=O)OC(C)(C)C)c1ccccn1)c1nnc(C(=O)NS(=O)(=O)c2c(C)cc(C)cc2C)s1. The zero-order valence-corrected chi connectivity index (χ0v) is 24.2. The van der Waals surface area contributed by atoms with Crippen LogP contribution >= 0.6 is 11.3 Å². The first-order valence-corrected chi connectivity index (χ1v) is 14.4. The van der Waals surface area contributed by atoms with Crippen molar-refractivity contribution in [3.63, 3.8) is 0 Å². The summed E-state index contributed by atoms with van der Waals surface area (Å²) >= 11 is 0.985. The van der Waals surface area contributed by atoms with Gasteiger partial charge in [-0.25, -0.2) is 22.9 Å². The Morgan fingerprint density at radius 1 is 1.11 bits per heavy atom. The van der Waals surface area contributed by atoms with E-state index < -0.39 is 27.6 Å². The molecule has 1 unspecified atom stereocenters. The molecule has 0 fully saturated rings. The first kappa shape index (κ1) is 29.2. The highest BCUT2D eigenvalue weighted by Gasteiger charge is 2.30. The Labute approximate surface area is 227 Å². The van der Waals surface area contributed by atoms with Crippen molar-refractivity contribution in [2.75, 3.05) is 11.4 Å². The molecular formula is C26H33N5O5S2. The van der Waals surface area contributed by atoms with Crippen molar-refractivity contribution in [3.05, 3.63) is 63.2 Å². The molecule has 3 aromatic rings. The van der Waals surface area contributed by atoms with Gasteiger partial charge in [-0.15, -0.1) is 10.2 Å². The summed E-state index contributed by atoms with van der Waals surface area (Å²) in [6, 6.07) is 8.72. The first-order chi connectivity index (χ1) is 17.7. The van der Waals surface area contributed by atoms with Crippen LogP contribution in [-0.2, 0) is 14.8 Å². The van der Waals surface area contributed by atoms with Gasteiger partial charge in [-0.2, -0.15) is 0 Å². The minimum absolute atomic E-state index is 0.0657. The number of pyridine rings is 1. The van der Waals surface area contributed by atoms with Crippen molar-refractivity contribution < 1.29 is 22.7 Å². The Bertz CT molecular complexity index is 1390. The summed E-state index contributed by atoms with van der Waals surface area (Å²) < 4.78 is 33.7. The molecule has 10 nitrogen and oxygen atoms in total. The molecule has 1 atom stereocenters. The Hall–Kier alpha value is -3.38. The van der Waals surface area contributed by atoms with Crippen LogP contribution in [0.25, 0.3) is 0 Å². The van der Waals surface area contributed by atoms with Crippen LogP contribution in [0.5, 0.6) is 0 Å². The number of ether oxygens (including phenoxy) is 1. The molecule has 0 aliphatic carbocycles. The number of nitrogens with zero attached hydrogens (tertiary/aromatic N) is 4. The second kappa shape index (κ2) is 11.6. The summed E-state index contributed by atoms with van der Waals surface area (Å²) in [5, 5.41) is 8.50. The van der Waals surface area contributed by atoms with E-state index in [0.717, 1.165) is 16.9 Å². The summed E-state index contributed by atoms with van der Waals surface area (Å²) in [6.45, 7) is 12.7. The van der Waals surface area contributed by atoms with Gasteiger partial charge in [0.05, 0.1) is 4.90 Å². The molecule has 0 radical (unpaired) electrons. The second-order valence-electron chi connectivity index (χ2n) is 9.99.